The Morgan fingerprint density at radius 1 is 0.600 bits per heavy atom. The van der Waals surface area contributed by atoms with E-state index in [1.54, 1.807) is 0 Å². The van der Waals surface area contributed by atoms with Gasteiger partial charge in [-0.15, -0.1) is 0 Å². The Morgan fingerprint density at radius 2 is 0.800 bits per heavy atom. The normalized spacial score (nSPS) is 6.80. The van der Waals surface area contributed by atoms with Crippen LogP contribution in [0.15, 0.2) is 31.3 Å². The second-order valence-electron chi connectivity index (χ2n) is 0.589. The van der Waals surface area contributed by atoms with Gasteiger partial charge in [0.1, 0.15) is 0 Å². The fourth-order valence-corrected chi connectivity index (χ4v) is 0.0820. The van der Waals surface area contributed by atoms with Gasteiger partial charge in [0.05, 0.1) is 0 Å². The highest BCUT2D eigenvalue weighted by Crippen LogP contribution is 1.76. The summed E-state index contributed by atoms with van der Waals surface area (Å²) < 4.78 is 0. The van der Waals surface area contributed by atoms with Gasteiger partial charge in [0.15, 0.2) is 0 Å². The second-order valence-corrected chi connectivity index (χ2v) is 0.589. The molecule has 0 aliphatic rings. The molecular weight excluding hydrogens is 207 g/mol. The highest BCUT2D eigenvalue weighted by atomic mass is 19.0. The number of nitrogens with two attached hydrogens (primary N) is 2. The third-order valence-corrected chi connectivity index (χ3v) is 0.223. The van der Waals surface area contributed by atoms with Crippen molar-refractivity contribution in [1.82, 2.24) is 0 Å². The molecule has 0 heterocycles. The van der Waals surface area contributed by atoms with E-state index in [9.17, 15) is 0 Å². The van der Waals surface area contributed by atoms with Crippen molar-refractivity contribution in [3.63, 3.8) is 0 Å². The summed E-state index contributed by atoms with van der Waals surface area (Å²) in [6.07, 6.45) is 0. The molecule has 0 aromatic heterocycles. The summed E-state index contributed by atoms with van der Waals surface area (Å²) in [5.41, 5.74) is 0. The van der Waals surface area contributed by atoms with Gasteiger partial charge in [-0.3, -0.25) is 4.70 Å². The number of nitrogens with zero attached hydrogens (tertiary/aromatic N) is 8. The molecule has 0 amide bonds. The van der Waals surface area contributed by atoms with Gasteiger partial charge in [0.2, 0.25) is 0 Å². The van der Waals surface area contributed by atoms with Crippen LogP contribution >= 0.6 is 0 Å². The lowest BCUT2D eigenvalue weighted by Crippen LogP contribution is -1.72. The lowest BCUT2D eigenvalue weighted by molar-refractivity contribution is 0.805. The average Bonchev–Trinajstić information content (AvgIpc) is 2.02. The zero-order valence-corrected chi connectivity index (χ0v) is 5.14. The summed E-state index contributed by atoms with van der Waals surface area (Å²) in [6.45, 7) is 0. The topological polar surface area (TPSA) is 174 Å². The predicted octanol–water partition coefficient (Wildman–Crippen LogP) is 2.65. The minimum atomic E-state index is 0. The van der Waals surface area contributed by atoms with Gasteiger partial charge in [-0.2, -0.15) is 0 Å². The Labute approximate surface area is 89.2 Å². The van der Waals surface area contributed by atoms with E-state index in [1.165, 1.54) is 0 Å². The maximum atomic E-state index is 6.00. The summed E-state index contributed by atoms with van der Waals surface area (Å²) in [5, 5.41) is 29.0. The first-order valence-electron chi connectivity index (χ1n) is 1.72. The Hall–Kier alpha value is -2.25. The molecule has 0 aliphatic carbocycles. The van der Waals surface area contributed by atoms with Crippen molar-refractivity contribution in [3.05, 3.63) is 0 Å². The fourth-order valence-electron chi connectivity index (χ4n) is 0.0820. The van der Waals surface area contributed by atoms with Crippen molar-refractivity contribution in [1.29, 1.82) is 10.8 Å². The lowest BCUT2D eigenvalue weighted by atomic mass is 12.0. The van der Waals surface area contributed by atoms with E-state index in [-0.39, 0.29) is 34.4 Å². The molecule has 0 saturated carbocycles. The van der Waals surface area contributed by atoms with Crippen molar-refractivity contribution in [3.8, 4) is 0 Å². The minimum absolute atomic E-state index is 0. The third kappa shape index (κ3) is 148. The molecule has 10 nitrogen and oxygen atoms in total. The quantitative estimate of drug-likeness (QED) is 0.320. The second kappa shape index (κ2) is 96.6. The molecule has 0 saturated heterocycles. The first-order valence-corrected chi connectivity index (χ1v) is 1.72. The molecule has 0 aromatic carbocycles. The van der Waals surface area contributed by atoms with Gasteiger partial charge in [-0.05, 0) is 20.9 Å². The first kappa shape index (κ1) is 53.2. The molecule has 4 N–H and O–H groups in total. The third-order valence-electron chi connectivity index (χ3n) is 0.223. The molecule has 0 fully saturated rings. The zero-order valence-electron chi connectivity index (χ0n) is 5.14. The average molecular weight is 228 g/mol. The van der Waals surface area contributed by atoms with Crippen molar-refractivity contribution in [2.45, 2.75) is 29.7 Å². The van der Waals surface area contributed by atoms with Gasteiger partial charge in [-0.25, -0.2) is 0 Å². The van der Waals surface area contributed by atoms with E-state index < -0.39 is 0 Å². The molecule has 94 valence electrons. The Balaban J connectivity index is -0.0000000172. The Kier molecular flexibility index (Phi) is 343. The number of hydrogen-bond acceptors (Lipinski definition) is 4. The highest BCUT2D eigenvalue weighted by Gasteiger charge is 1.59. The standard InChI is InChI=1S/4CH4.FH.H4N8.N2/c;;;;;1-3-5-7-8-6-4-2;1-2/h4*1H4;1H;(H2,1,4,5,8)(H2,2,3,6,7);. The van der Waals surface area contributed by atoms with Gasteiger partial charge >= 0.3 is 0 Å². The van der Waals surface area contributed by atoms with Crippen molar-refractivity contribution < 1.29 is 4.70 Å². The molecule has 0 aromatic rings. The van der Waals surface area contributed by atoms with Crippen molar-refractivity contribution >= 4 is 0 Å². The van der Waals surface area contributed by atoms with Crippen LogP contribution in [0.5, 0.6) is 0 Å². The number of halogens is 1. The maximum Gasteiger partial charge on any atom is 0 e. The largest absolute Gasteiger partial charge is 0.303 e. The maximum absolute atomic E-state index is 6.00. The van der Waals surface area contributed by atoms with Gasteiger partial charge in [0.25, 0.3) is 0 Å². The summed E-state index contributed by atoms with van der Waals surface area (Å²) in [7, 11) is 0. The Morgan fingerprint density at radius 3 is 0.933 bits per heavy atom. The number of rotatable bonds is 2. The molecule has 0 radical (unpaired) electrons. The van der Waals surface area contributed by atoms with Crippen LogP contribution < -0.4 is 11.7 Å². The van der Waals surface area contributed by atoms with Crippen LogP contribution in [0.25, 0.3) is 0 Å². The van der Waals surface area contributed by atoms with Crippen LogP contribution in [0.1, 0.15) is 29.7 Å². The van der Waals surface area contributed by atoms with E-state index in [0.29, 0.717) is 0 Å². The Bertz CT molecular complexity index is 137. The van der Waals surface area contributed by atoms with Gasteiger partial charge in [-0.1, -0.05) is 40.2 Å². The van der Waals surface area contributed by atoms with E-state index >= 15 is 0 Å². The molecule has 15 heavy (non-hydrogen) atoms. The van der Waals surface area contributed by atoms with Crippen LogP contribution in [0.2, 0.25) is 0 Å². The van der Waals surface area contributed by atoms with Gasteiger partial charge in [0, 0.05) is 10.8 Å². The summed E-state index contributed by atoms with van der Waals surface area (Å²) in [4.78, 5) is 0. The first-order chi connectivity index (χ1) is 4.91. The zero-order chi connectivity index (χ0) is 8.24. The van der Waals surface area contributed by atoms with Crippen LogP contribution in [0.3, 0.4) is 0 Å². The van der Waals surface area contributed by atoms with Crippen molar-refractivity contribution in [2.75, 3.05) is 0 Å². The fraction of sp³-hybridized carbons (Fsp3) is 1.00. The van der Waals surface area contributed by atoms with Crippen LogP contribution in [0.4, 0.5) is 4.70 Å². The summed E-state index contributed by atoms with van der Waals surface area (Å²) in [6, 6.07) is 0. The summed E-state index contributed by atoms with van der Waals surface area (Å²) in [5.74, 6) is 9.02. The molecule has 0 unspecified atom stereocenters. The molecule has 11 heteroatoms. The van der Waals surface area contributed by atoms with E-state index in [2.05, 4.69) is 43.0 Å². The molecule has 0 spiro atoms. The minimum Gasteiger partial charge on any atom is -0.303 e. The van der Waals surface area contributed by atoms with E-state index in [1.807, 2.05) is 0 Å². The van der Waals surface area contributed by atoms with Crippen LogP contribution in [-0.4, -0.2) is 0 Å². The SMILES string of the molecule is C.C.C.C.F.N#N.N/N=N/N=N/N=N/N. The summed E-state index contributed by atoms with van der Waals surface area (Å²) >= 11 is 0. The van der Waals surface area contributed by atoms with Gasteiger partial charge < -0.3 is 11.7 Å². The monoisotopic (exact) mass is 228 g/mol. The lowest BCUT2D eigenvalue weighted by Gasteiger charge is -1.65. The number of hydrogen-bond donors (Lipinski definition) is 2. The molecular formula is C4H21FN10. The predicted molar refractivity (Wildman–Crippen MR) is 55.8 cm³/mol. The molecule has 0 bridgehead atoms. The van der Waals surface area contributed by atoms with Crippen molar-refractivity contribution in [2.24, 2.45) is 43.0 Å². The molecule has 0 rings (SSSR count). The molecule has 0 aliphatic heterocycles. The van der Waals surface area contributed by atoms with Crippen LogP contribution in [-0.2, 0) is 0 Å². The molecule has 0 atom stereocenters. The van der Waals surface area contributed by atoms with E-state index in [4.69, 9.17) is 10.8 Å². The van der Waals surface area contributed by atoms with Crippen LogP contribution in [0, 0.1) is 10.8 Å². The highest BCUT2D eigenvalue weighted by molar-refractivity contribution is 4.03. The smallest absolute Gasteiger partial charge is 0 e. The van der Waals surface area contributed by atoms with E-state index in [0.717, 1.165) is 0 Å².